The SMILES string of the molecule is CCNc1nc(-c2ccc(Cl)cc2Cl)nc2c1CCC2. The molecule has 1 aliphatic rings. The van der Waals surface area contributed by atoms with Crippen LogP contribution in [0.25, 0.3) is 11.4 Å². The Bertz CT molecular complexity index is 656. The third-order valence-corrected chi connectivity index (χ3v) is 4.00. The number of hydrogen-bond donors (Lipinski definition) is 1. The molecule has 0 amide bonds. The number of hydrogen-bond acceptors (Lipinski definition) is 3. The lowest BCUT2D eigenvalue weighted by Gasteiger charge is -2.11. The van der Waals surface area contributed by atoms with Crippen LogP contribution in [0, 0.1) is 0 Å². The molecule has 0 fully saturated rings. The number of aryl methyl sites for hydroxylation is 1. The summed E-state index contributed by atoms with van der Waals surface area (Å²) >= 11 is 12.2. The Morgan fingerprint density at radius 2 is 2.05 bits per heavy atom. The molecule has 0 spiro atoms. The molecule has 0 saturated heterocycles. The molecule has 3 rings (SSSR count). The average molecular weight is 308 g/mol. The number of rotatable bonds is 3. The number of halogens is 2. The first-order chi connectivity index (χ1) is 9.69. The fourth-order valence-corrected chi connectivity index (χ4v) is 3.03. The molecular formula is C15H15Cl2N3. The van der Waals surface area contributed by atoms with Crippen molar-refractivity contribution in [2.75, 3.05) is 11.9 Å². The first-order valence-corrected chi connectivity index (χ1v) is 7.53. The van der Waals surface area contributed by atoms with Crippen LogP contribution in [0.2, 0.25) is 10.0 Å². The van der Waals surface area contributed by atoms with Crippen molar-refractivity contribution in [1.82, 2.24) is 9.97 Å². The van der Waals surface area contributed by atoms with Crippen molar-refractivity contribution in [3.63, 3.8) is 0 Å². The predicted molar refractivity (Wildman–Crippen MR) is 83.7 cm³/mol. The third-order valence-electron chi connectivity index (χ3n) is 3.45. The van der Waals surface area contributed by atoms with Gasteiger partial charge in [0.15, 0.2) is 5.82 Å². The molecule has 3 nitrogen and oxygen atoms in total. The Morgan fingerprint density at radius 1 is 1.20 bits per heavy atom. The molecule has 1 aromatic heterocycles. The first-order valence-electron chi connectivity index (χ1n) is 6.78. The van der Waals surface area contributed by atoms with Crippen LogP contribution in [0.4, 0.5) is 5.82 Å². The molecule has 1 N–H and O–H groups in total. The monoisotopic (exact) mass is 307 g/mol. The van der Waals surface area contributed by atoms with E-state index in [-0.39, 0.29) is 0 Å². The lowest BCUT2D eigenvalue weighted by atomic mass is 10.2. The standard InChI is InChI=1S/C15H15Cl2N3/c1-2-18-14-11-4-3-5-13(11)19-15(20-14)10-7-6-9(16)8-12(10)17/h6-8H,2-5H2,1H3,(H,18,19,20). The van der Waals surface area contributed by atoms with Crippen LogP contribution < -0.4 is 5.32 Å². The number of nitrogens with one attached hydrogen (secondary N) is 1. The zero-order valence-electron chi connectivity index (χ0n) is 11.2. The highest BCUT2D eigenvalue weighted by Crippen LogP contribution is 2.32. The van der Waals surface area contributed by atoms with E-state index in [1.165, 1.54) is 5.56 Å². The molecule has 1 aliphatic carbocycles. The molecule has 0 unspecified atom stereocenters. The number of benzene rings is 1. The largest absolute Gasteiger partial charge is 0.370 e. The molecule has 104 valence electrons. The van der Waals surface area contributed by atoms with Gasteiger partial charge in [-0.05, 0) is 44.4 Å². The van der Waals surface area contributed by atoms with Gasteiger partial charge in [0.2, 0.25) is 0 Å². The quantitative estimate of drug-likeness (QED) is 0.915. The summed E-state index contributed by atoms with van der Waals surface area (Å²) in [7, 11) is 0. The number of nitrogens with zero attached hydrogens (tertiary/aromatic N) is 2. The Hall–Kier alpha value is -1.32. The number of aromatic nitrogens is 2. The first kappa shape index (κ1) is 13.7. The topological polar surface area (TPSA) is 37.8 Å². The van der Waals surface area contributed by atoms with Crippen LogP contribution in [-0.4, -0.2) is 16.5 Å². The van der Waals surface area contributed by atoms with Crippen LogP contribution in [0.1, 0.15) is 24.6 Å². The highest BCUT2D eigenvalue weighted by Gasteiger charge is 2.20. The fraction of sp³-hybridized carbons (Fsp3) is 0.333. The summed E-state index contributed by atoms with van der Waals surface area (Å²) < 4.78 is 0. The van der Waals surface area contributed by atoms with Gasteiger partial charge >= 0.3 is 0 Å². The zero-order valence-corrected chi connectivity index (χ0v) is 12.7. The van der Waals surface area contributed by atoms with Crippen molar-refractivity contribution in [3.05, 3.63) is 39.5 Å². The Balaban J connectivity index is 2.12. The van der Waals surface area contributed by atoms with Gasteiger partial charge in [-0.1, -0.05) is 23.2 Å². The predicted octanol–water partition coefficient (Wildman–Crippen LogP) is 4.37. The van der Waals surface area contributed by atoms with Crippen molar-refractivity contribution in [1.29, 1.82) is 0 Å². The smallest absolute Gasteiger partial charge is 0.163 e. The summed E-state index contributed by atoms with van der Waals surface area (Å²) in [4.78, 5) is 9.32. The van der Waals surface area contributed by atoms with E-state index in [1.807, 2.05) is 12.1 Å². The summed E-state index contributed by atoms with van der Waals surface area (Å²) in [5.41, 5.74) is 3.21. The van der Waals surface area contributed by atoms with E-state index in [4.69, 9.17) is 23.2 Å². The average Bonchev–Trinajstić information content (AvgIpc) is 2.87. The van der Waals surface area contributed by atoms with Crippen LogP contribution >= 0.6 is 23.2 Å². The maximum atomic E-state index is 6.26. The van der Waals surface area contributed by atoms with Gasteiger partial charge in [0.05, 0.1) is 5.02 Å². The normalized spacial score (nSPS) is 13.3. The molecule has 5 heteroatoms. The van der Waals surface area contributed by atoms with Gasteiger partial charge < -0.3 is 5.32 Å². The van der Waals surface area contributed by atoms with E-state index in [2.05, 4.69) is 22.2 Å². The molecule has 2 aromatic rings. The maximum absolute atomic E-state index is 6.26. The molecule has 0 bridgehead atoms. The third kappa shape index (κ3) is 2.48. The van der Waals surface area contributed by atoms with Crippen LogP contribution in [0.5, 0.6) is 0 Å². The van der Waals surface area contributed by atoms with Gasteiger partial charge in [0, 0.05) is 28.4 Å². The van der Waals surface area contributed by atoms with Gasteiger partial charge in [-0.3, -0.25) is 0 Å². The van der Waals surface area contributed by atoms with Crippen LogP contribution in [0.3, 0.4) is 0 Å². The van der Waals surface area contributed by atoms with E-state index in [0.29, 0.717) is 15.9 Å². The van der Waals surface area contributed by atoms with Crippen molar-refractivity contribution < 1.29 is 0 Å². The van der Waals surface area contributed by atoms with Gasteiger partial charge in [0.25, 0.3) is 0 Å². The molecule has 1 heterocycles. The Morgan fingerprint density at radius 3 is 2.80 bits per heavy atom. The number of fused-ring (bicyclic) bond motifs is 1. The van der Waals surface area contributed by atoms with Gasteiger partial charge in [-0.2, -0.15) is 0 Å². The summed E-state index contributed by atoms with van der Waals surface area (Å²) in [6.45, 7) is 2.91. The molecular weight excluding hydrogens is 293 g/mol. The molecule has 20 heavy (non-hydrogen) atoms. The van der Waals surface area contributed by atoms with Crippen molar-refractivity contribution in [3.8, 4) is 11.4 Å². The summed E-state index contributed by atoms with van der Waals surface area (Å²) in [6.07, 6.45) is 3.20. The van der Waals surface area contributed by atoms with Gasteiger partial charge in [-0.25, -0.2) is 9.97 Å². The summed E-state index contributed by atoms with van der Waals surface area (Å²) in [5.74, 6) is 1.61. The summed E-state index contributed by atoms with van der Waals surface area (Å²) in [5, 5.41) is 4.53. The van der Waals surface area contributed by atoms with Crippen molar-refractivity contribution in [2.24, 2.45) is 0 Å². The minimum absolute atomic E-state index is 0.581. The molecule has 0 aliphatic heterocycles. The second kappa shape index (κ2) is 5.58. The fourth-order valence-electron chi connectivity index (χ4n) is 2.54. The van der Waals surface area contributed by atoms with E-state index in [0.717, 1.165) is 42.9 Å². The van der Waals surface area contributed by atoms with Gasteiger partial charge in [-0.15, -0.1) is 0 Å². The minimum atomic E-state index is 0.581. The minimum Gasteiger partial charge on any atom is -0.370 e. The van der Waals surface area contributed by atoms with Crippen LogP contribution in [-0.2, 0) is 12.8 Å². The highest BCUT2D eigenvalue weighted by atomic mass is 35.5. The Kier molecular flexibility index (Phi) is 3.81. The zero-order chi connectivity index (χ0) is 14.1. The second-order valence-electron chi connectivity index (χ2n) is 4.83. The molecule has 1 aromatic carbocycles. The molecule has 0 radical (unpaired) electrons. The molecule has 0 saturated carbocycles. The van der Waals surface area contributed by atoms with E-state index in [1.54, 1.807) is 6.07 Å². The Labute approximate surface area is 128 Å². The van der Waals surface area contributed by atoms with Gasteiger partial charge in [0.1, 0.15) is 5.82 Å². The summed E-state index contributed by atoms with van der Waals surface area (Å²) in [6, 6.07) is 5.41. The second-order valence-corrected chi connectivity index (χ2v) is 5.67. The van der Waals surface area contributed by atoms with Crippen molar-refractivity contribution in [2.45, 2.75) is 26.2 Å². The highest BCUT2D eigenvalue weighted by molar-refractivity contribution is 6.36. The van der Waals surface area contributed by atoms with Crippen LogP contribution in [0.15, 0.2) is 18.2 Å². The number of anilines is 1. The molecule has 0 atom stereocenters. The van der Waals surface area contributed by atoms with E-state index >= 15 is 0 Å². The lowest BCUT2D eigenvalue weighted by Crippen LogP contribution is -2.06. The van der Waals surface area contributed by atoms with E-state index in [9.17, 15) is 0 Å². The van der Waals surface area contributed by atoms with E-state index < -0.39 is 0 Å². The van der Waals surface area contributed by atoms with Crippen molar-refractivity contribution >= 4 is 29.0 Å². The lowest BCUT2D eigenvalue weighted by molar-refractivity contribution is 0.900. The maximum Gasteiger partial charge on any atom is 0.163 e.